The van der Waals surface area contributed by atoms with Gasteiger partial charge in [0, 0.05) is 13.0 Å². The van der Waals surface area contributed by atoms with Crippen molar-refractivity contribution in [3.8, 4) is 11.5 Å². The zero-order valence-corrected chi connectivity index (χ0v) is 18.4. The number of rotatable bonds is 16. The van der Waals surface area contributed by atoms with Gasteiger partial charge in [-0.2, -0.15) is 0 Å². The highest BCUT2D eigenvalue weighted by Crippen LogP contribution is 2.27. The summed E-state index contributed by atoms with van der Waals surface area (Å²) in [5.74, 6) is 0.218. The molecule has 174 valence electrons. The summed E-state index contributed by atoms with van der Waals surface area (Å²) in [6, 6.07) is 5.57. The smallest absolute Gasteiger partial charge is 0.319 e. The zero-order chi connectivity index (χ0) is 22.9. The van der Waals surface area contributed by atoms with E-state index in [4.69, 9.17) is 23.7 Å². The quantitative estimate of drug-likeness (QED) is 0.279. The molecule has 31 heavy (non-hydrogen) atoms. The second kappa shape index (κ2) is 15.9. The van der Waals surface area contributed by atoms with E-state index in [1.165, 1.54) is 0 Å². The Morgan fingerprint density at radius 1 is 0.871 bits per heavy atom. The molecule has 2 N–H and O–H groups in total. The normalized spacial score (nSPS) is 10.3. The van der Waals surface area contributed by atoms with E-state index in [-0.39, 0.29) is 57.7 Å². The molecular weight excluding hydrogens is 408 g/mol. The van der Waals surface area contributed by atoms with E-state index >= 15 is 0 Å². The van der Waals surface area contributed by atoms with E-state index < -0.39 is 5.97 Å². The van der Waals surface area contributed by atoms with Gasteiger partial charge in [0.25, 0.3) is 0 Å². The largest absolute Gasteiger partial charge is 0.493 e. The van der Waals surface area contributed by atoms with Crippen LogP contribution in [0.3, 0.4) is 0 Å². The standard InChI is InChI=1S/C21H32N2O8/c1-22-15-21(26)31-13-11-29-10-12-30-20(25)7-6-19(24)23-9-8-16-4-5-17(27-2)18(14-16)28-3/h4-5,14,22H,6-13,15H2,1-3H3,(H,23,24). The second-order valence-corrected chi connectivity index (χ2v) is 6.37. The summed E-state index contributed by atoms with van der Waals surface area (Å²) >= 11 is 0. The predicted octanol–water partition coefficient (Wildman–Crippen LogP) is 0.465. The van der Waals surface area contributed by atoms with Gasteiger partial charge in [-0.05, 0) is 31.2 Å². The number of hydrogen-bond donors (Lipinski definition) is 2. The SMILES string of the molecule is CNCC(=O)OCCOCCOC(=O)CCC(=O)NCCc1ccc(OC)c(OC)c1. The molecule has 0 unspecified atom stereocenters. The lowest BCUT2D eigenvalue weighted by molar-refractivity contribution is -0.147. The van der Waals surface area contributed by atoms with Crippen molar-refractivity contribution in [3.05, 3.63) is 23.8 Å². The van der Waals surface area contributed by atoms with Crippen molar-refractivity contribution in [2.75, 3.05) is 60.8 Å². The molecule has 0 atom stereocenters. The molecule has 0 aliphatic carbocycles. The Labute approximate surface area is 182 Å². The first-order chi connectivity index (χ1) is 15.0. The monoisotopic (exact) mass is 440 g/mol. The maximum absolute atomic E-state index is 11.9. The first-order valence-electron chi connectivity index (χ1n) is 10.0. The number of hydrogen-bond acceptors (Lipinski definition) is 9. The first kappa shape index (κ1) is 26.2. The highest BCUT2D eigenvalue weighted by molar-refractivity contribution is 5.81. The molecule has 0 saturated heterocycles. The molecule has 10 nitrogen and oxygen atoms in total. The predicted molar refractivity (Wildman–Crippen MR) is 112 cm³/mol. The average Bonchev–Trinajstić information content (AvgIpc) is 2.77. The van der Waals surface area contributed by atoms with Crippen LogP contribution in [-0.2, 0) is 35.0 Å². The summed E-state index contributed by atoms with van der Waals surface area (Å²) in [7, 11) is 4.79. The Morgan fingerprint density at radius 3 is 2.19 bits per heavy atom. The Morgan fingerprint density at radius 2 is 1.55 bits per heavy atom. The minimum Gasteiger partial charge on any atom is -0.493 e. The summed E-state index contributed by atoms with van der Waals surface area (Å²) in [6.45, 7) is 1.20. The Balaban J connectivity index is 2.08. The molecule has 1 aromatic rings. The fourth-order valence-corrected chi connectivity index (χ4v) is 2.48. The molecule has 0 heterocycles. The number of amides is 1. The average molecular weight is 440 g/mol. The highest BCUT2D eigenvalue weighted by Gasteiger charge is 2.09. The maximum Gasteiger partial charge on any atom is 0.319 e. The summed E-state index contributed by atoms with van der Waals surface area (Å²) < 4.78 is 25.5. The number of esters is 2. The van der Waals surface area contributed by atoms with E-state index in [2.05, 4.69) is 10.6 Å². The van der Waals surface area contributed by atoms with Gasteiger partial charge in [0.05, 0.1) is 40.4 Å². The Hall–Kier alpha value is -2.85. The minimum atomic E-state index is -0.473. The number of ether oxygens (including phenoxy) is 5. The molecule has 10 heteroatoms. The number of methoxy groups -OCH3 is 2. The van der Waals surface area contributed by atoms with Crippen LogP contribution in [-0.4, -0.2) is 78.6 Å². The fourth-order valence-electron chi connectivity index (χ4n) is 2.48. The molecule has 0 bridgehead atoms. The molecule has 1 amide bonds. The summed E-state index contributed by atoms with van der Waals surface area (Å²) in [4.78, 5) is 34.6. The van der Waals surface area contributed by atoms with Crippen molar-refractivity contribution in [3.63, 3.8) is 0 Å². The van der Waals surface area contributed by atoms with Crippen LogP contribution in [0.1, 0.15) is 18.4 Å². The molecule has 0 spiro atoms. The van der Waals surface area contributed by atoms with Crippen molar-refractivity contribution < 1.29 is 38.1 Å². The third-order valence-electron chi connectivity index (χ3n) is 4.04. The van der Waals surface area contributed by atoms with Gasteiger partial charge >= 0.3 is 11.9 Å². The third-order valence-corrected chi connectivity index (χ3v) is 4.04. The summed E-state index contributed by atoms with van der Waals surface area (Å²) in [5, 5.41) is 5.45. The number of nitrogens with one attached hydrogen (secondary N) is 2. The van der Waals surface area contributed by atoms with Crippen LogP contribution in [0.25, 0.3) is 0 Å². The van der Waals surface area contributed by atoms with Crippen LogP contribution in [0, 0.1) is 0 Å². The van der Waals surface area contributed by atoms with E-state index in [1.54, 1.807) is 21.3 Å². The van der Waals surface area contributed by atoms with E-state index in [9.17, 15) is 14.4 Å². The van der Waals surface area contributed by atoms with Crippen LogP contribution in [0.5, 0.6) is 11.5 Å². The van der Waals surface area contributed by atoms with Gasteiger partial charge in [0.15, 0.2) is 11.5 Å². The minimum absolute atomic E-state index is 0.0101. The molecule has 0 saturated carbocycles. The third kappa shape index (κ3) is 11.8. The van der Waals surface area contributed by atoms with Gasteiger partial charge in [-0.25, -0.2) is 0 Å². The van der Waals surface area contributed by atoms with E-state index in [0.717, 1.165) is 5.56 Å². The van der Waals surface area contributed by atoms with E-state index in [1.807, 2.05) is 18.2 Å². The lowest BCUT2D eigenvalue weighted by Crippen LogP contribution is -2.26. The second-order valence-electron chi connectivity index (χ2n) is 6.37. The van der Waals surface area contributed by atoms with Crippen LogP contribution >= 0.6 is 0 Å². The number of carbonyl (C=O) groups excluding carboxylic acids is 3. The fraction of sp³-hybridized carbons (Fsp3) is 0.571. The molecular formula is C21H32N2O8. The van der Waals surface area contributed by atoms with Crippen LogP contribution in [0.2, 0.25) is 0 Å². The first-order valence-corrected chi connectivity index (χ1v) is 10.0. The maximum atomic E-state index is 11.9. The van der Waals surface area contributed by atoms with Gasteiger partial charge in [0.1, 0.15) is 13.2 Å². The number of benzene rings is 1. The van der Waals surface area contributed by atoms with Crippen molar-refractivity contribution in [2.45, 2.75) is 19.3 Å². The Bertz CT molecular complexity index is 696. The molecule has 0 radical (unpaired) electrons. The van der Waals surface area contributed by atoms with Crippen molar-refractivity contribution >= 4 is 17.8 Å². The van der Waals surface area contributed by atoms with Crippen molar-refractivity contribution in [2.24, 2.45) is 0 Å². The molecule has 1 rings (SSSR count). The summed E-state index contributed by atoms with van der Waals surface area (Å²) in [5.41, 5.74) is 0.995. The molecule has 0 aliphatic rings. The van der Waals surface area contributed by atoms with Crippen molar-refractivity contribution in [1.29, 1.82) is 0 Å². The van der Waals surface area contributed by atoms with Crippen LogP contribution < -0.4 is 20.1 Å². The van der Waals surface area contributed by atoms with Gasteiger partial charge in [-0.3, -0.25) is 14.4 Å². The number of likely N-dealkylation sites (N-methyl/N-ethyl adjacent to an activating group) is 1. The van der Waals surface area contributed by atoms with Crippen LogP contribution in [0.15, 0.2) is 18.2 Å². The lowest BCUT2D eigenvalue weighted by Gasteiger charge is -2.10. The van der Waals surface area contributed by atoms with Gasteiger partial charge in [-0.15, -0.1) is 0 Å². The topological polar surface area (TPSA) is 121 Å². The van der Waals surface area contributed by atoms with Crippen molar-refractivity contribution in [1.82, 2.24) is 10.6 Å². The van der Waals surface area contributed by atoms with Gasteiger partial charge in [0.2, 0.25) is 5.91 Å². The van der Waals surface area contributed by atoms with Gasteiger partial charge < -0.3 is 34.3 Å². The summed E-state index contributed by atoms with van der Waals surface area (Å²) in [6.07, 6.45) is 0.662. The zero-order valence-electron chi connectivity index (χ0n) is 18.4. The molecule has 1 aromatic carbocycles. The lowest BCUT2D eigenvalue weighted by atomic mass is 10.1. The van der Waals surface area contributed by atoms with Gasteiger partial charge in [-0.1, -0.05) is 6.07 Å². The Kier molecular flexibility index (Phi) is 13.4. The molecule has 0 aromatic heterocycles. The van der Waals surface area contributed by atoms with Crippen LogP contribution in [0.4, 0.5) is 0 Å². The number of carbonyl (C=O) groups is 3. The molecule has 0 aliphatic heterocycles. The highest BCUT2D eigenvalue weighted by atomic mass is 16.6. The molecule has 0 fully saturated rings. The van der Waals surface area contributed by atoms with E-state index in [0.29, 0.717) is 24.5 Å².